The maximum absolute atomic E-state index is 10.8. The number of primary amides is 1. The molecule has 2 amide bonds. The Labute approximate surface area is 177 Å². The molecule has 0 radical (unpaired) electrons. The van der Waals surface area contributed by atoms with Gasteiger partial charge >= 0.3 is 12.1 Å². The van der Waals surface area contributed by atoms with Crippen molar-refractivity contribution in [2.45, 2.75) is 39.0 Å². The molecule has 0 bridgehead atoms. The Morgan fingerprint density at radius 2 is 1.43 bits per heavy atom. The number of aryl methyl sites for hydroxylation is 2. The molecule has 0 spiro atoms. The number of esters is 1. The molecule has 0 aliphatic heterocycles. The molecule has 0 saturated heterocycles. The number of carbonyl (C=O) groups excluding carboxylic acids is 2. The molecule has 2 rings (SSSR count). The number of rotatable bonds is 10. The molecule has 0 fully saturated rings. The lowest BCUT2D eigenvalue weighted by molar-refractivity contribution is -0.141. The molecule has 0 heterocycles. The van der Waals surface area contributed by atoms with Crippen LogP contribution in [0.4, 0.5) is 4.79 Å². The minimum Gasteiger partial charge on any atom is -0.465 e. The SMILES string of the molecule is CCOC(=O)CNC(=O)O.NC(=O)Cc1ccc(CCCCc2ccccc2)cc1. The molecule has 0 aliphatic rings. The van der Waals surface area contributed by atoms with Crippen molar-refractivity contribution in [3.8, 4) is 0 Å². The topological polar surface area (TPSA) is 119 Å². The number of carbonyl (C=O) groups is 3. The molecule has 4 N–H and O–H groups in total. The monoisotopic (exact) mass is 414 g/mol. The lowest BCUT2D eigenvalue weighted by Crippen LogP contribution is -2.28. The highest BCUT2D eigenvalue weighted by atomic mass is 16.5. The van der Waals surface area contributed by atoms with Crippen LogP contribution in [-0.2, 0) is 33.6 Å². The number of unbranched alkanes of at least 4 members (excludes halogenated alkanes) is 1. The zero-order valence-corrected chi connectivity index (χ0v) is 17.3. The molecule has 7 nitrogen and oxygen atoms in total. The van der Waals surface area contributed by atoms with E-state index in [4.69, 9.17) is 10.8 Å². The number of hydrogen-bond acceptors (Lipinski definition) is 4. The smallest absolute Gasteiger partial charge is 0.405 e. The van der Waals surface area contributed by atoms with E-state index in [2.05, 4.69) is 47.2 Å². The summed E-state index contributed by atoms with van der Waals surface area (Å²) < 4.78 is 4.43. The van der Waals surface area contributed by atoms with Crippen molar-refractivity contribution in [1.82, 2.24) is 5.32 Å². The first kappa shape index (κ1) is 24.7. The average molecular weight is 415 g/mol. The molecular weight excluding hydrogens is 384 g/mol. The summed E-state index contributed by atoms with van der Waals surface area (Å²) in [5.74, 6) is -0.842. The van der Waals surface area contributed by atoms with Crippen molar-refractivity contribution < 1.29 is 24.2 Å². The van der Waals surface area contributed by atoms with Crippen LogP contribution in [-0.4, -0.2) is 36.2 Å². The quantitative estimate of drug-likeness (QED) is 0.408. The summed E-state index contributed by atoms with van der Waals surface area (Å²) >= 11 is 0. The van der Waals surface area contributed by atoms with E-state index in [1.54, 1.807) is 6.92 Å². The van der Waals surface area contributed by atoms with E-state index in [1.165, 1.54) is 24.0 Å². The molecule has 0 saturated carbocycles. The third-order valence-corrected chi connectivity index (χ3v) is 4.11. The van der Waals surface area contributed by atoms with E-state index in [9.17, 15) is 14.4 Å². The fourth-order valence-corrected chi connectivity index (χ4v) is 2.69. The number of hydrogen-bond donors (Lipinski definition) is 3. The maximum atomic E-state index is 10.8. The summed E-state index contributed by atoms with van der Waals surface area (Å²) in [5.41, 5.74) is 8.90. The van der Waals surface area contributed by atoms with Crippen molar-refractivity contribution in [3.63, 3.8) is 0 Å². The minimum absolute atomic E-state index is 0.264. The standard InChI is InChI=1S/C18H21NO.C5H9NO4/c19-18(20)14-17-12-10-16(11-13-17)9-5-4-8-15-6-2-1-3-7-15;1-2-10-4(7)3-6-5(8)9/h1-3,6-7,10-13H,4-5,8-9,14H2,(H2,19,20);6H,2-3H2,1H3,(H,8,9). The molecule has 0 atom stereocenters. The summed E-state index contributed by atoms with van der Waals surface area (Å²) in [5, 5.41) is 9.88. The van der Waals surface area contributed by atoms with Gasteiger partial charge in [-0.05, 0) is 49.3 Å². The van der Waals surface area contributed by atoms with Gasteiger partial charge in [0.1, 0.15) is 6.54 Å². The Hall–Kier alpha value is -3.35. The Morgan fingerprint density at radius 1 is 0.900 bits per heavy atom. The molecular formula is C23H30N2O5. The summed E-state index contributed by atoms with van der Waals surface area (Å²) in [6, 6.07) is 18.8. The van der Waals surface area contributed by atoms with Crippen LogP contribution >= 0.6 is 0 Å². The van der Waals surface area contributed by atoms with Crippen LogP contribution in [0.3, 0.4) is 0 Å². The summed E-state index contributed by atoms with van der Waals surface area (Å²) in [7, 11) is 0. The Balaban J connectivity index is 0.000000382. The number of ether oxygens (including phenoxy) is 1. The highest BCUT2D eigenvalue weighted by Gasteiger charge is 2.02. The van der Waals surface area contributed by atoms with Crippen LogP contribution in [0.15, 0.2) is 54.6 Å². The van der Waals surface area contributed by atoms with E-state index in [0.717, 1.165) is 18.4 Å². The predicted octanol–water partition coefficient (Wildman–Crippen LogP) is 3.10. The van der Waals surface area contributed by atoms with Crippen LogP contribution in [0, 0.1) is 0 Å². The number of carboxylic acid groups (broad SMARTS) is 1. The molecule has 2 aromatic carbocycles. The van der Waals surface area contributed by atoms with Crippen molar-refractivity contribution >= 4 is 18.0 Å². The minimum atomic E-state index is -1.23. The van der Waals surface area contributed by atoms with Crippen LogP contribution < -0.4 is 11.1 Å². The van der Waals surface area contributed by atoms with Crippen LogP contribution in [0.2, 0.25) is 0 Å². The Morgan fingerprint density at radius 3 is 1.93 bits per heavy atom. The highest BCUT2D eigenvalue weighted by Crippen LogP contribution is 2.11. The molecule has 30 heavy (non-hydrogen) atoms. The van der Waals surface area contributed by atoms with Crippen molar-refractivity contribution in [2.75, 3.05) is 13.2 Å². The van der Waals surface area contributed by atoms with E-state index in [-0.39, 0.29) is 19.1 Å². The Kier molecular flexibility index (Phi) is 12.0. The molecule has 0 aliphatic carbocycles. The summed E-state index contributed by atoms with van der Waals surface area (Å²) in [6.07, 6.45) is 3.71. The van der Waals surface area contributed by atoms with Gasteiger partial charge in [0.05, 0.1) is 13.0 Å². The van der Waals surface area contributed by atoms with Gasteiger partial charge < -0.3 is 20.9 Å². The first-order valence-corrected chi connectivity index (χ1v) is 9.93. The van der Waals surface area contributed by atoms with Crippen LogP contribution in [0.5, 0.6) is 0 Å². The lowest BCUT2D eigenvalue weighted by atomic mass is 10.0. The van der Waals surface area contributed by atoms with Gasteiger partial charge in [-0.3, -0.25) is 9.59 Å². The van der Waals surface area contributed by atoms with Gasteiger partial charge in [0.15, 0.2) is 0 Å². The molecule has 162 valence electrons. The van der Waals surface area contributed by atoms with E-state index < -0.39 is 12.1 Å². The number of amides is 2. The number of benzene rings is 2. The molecule has 2 aromatic rings. The number of nitrogens with one attached hydrogen (secondary N) is 1. The summed E-state index contributed by atoms with van der Waals surface area (Å²) in [6.45, 7) is 1.63. The molecule has 7 heteroatoms. The van der Waals surface area contributed by atoms with E-state index in [0.29, 0.717) is 6.42 Å². The van der Waals surface area contributed by atoms with Gasteiger partial charge in [-0.15, -0.1) is 0 Å². The van der Waals surface area contributed by atoms with Crippen molar-refractivity contribution in [3.05, 3.63) is 71.3 Å². The van der Waals surface area contributed by atoms with Gasteiger partial charge in [0.25, 0.3) is 0 Å². The van der Waals surface area contributed by atoms with Crippen molar-refractivity contribution in [2.24, 2.45) is 5.73 Å². The van der Waals surface area contributed by atoms with Gasteiger partial charge in [-0.25, -0.2) is 4.79 Å². The lowest BCUT2D eigenvalue weighted by Gasteiger charge is -2.04. The predicted molar refractivity (Wildman–Crippen MR) is 115 cm³/mol. The van der Waals surface area contributed by atoms with Crippen LogP contribution in [0.25, 0.3) is 0 Å². The molecule has 0 unspecified atom stereocenters. The van der Waals surface area contributed by atoms with Crippen molar-refractivity contribution in [1.29, 1.82) is 0 Å². The second-order valence-corrected chi connectivity index (χ2v) is 6.62. The maximum Gasteiger partial charge on any atom is 0.405 e. The summed E-state index contributed by atoms with van der Waals surface area (Å²) in [4.78, 5) is 31.0. The normalized spacial score (nSPS) is 9.77. The van der Waals surface area contributed by atoms with Gasteiger partial charge in [0, 0.05) is 0 Å². The second kappa shape index (κ2) is 14.6. The van der Waals surface area contributed by atoms with Gasteiger partial charge in [-0.2, -0.15) is 0 Å². The van der Waals surface area contributed by atoms with E-state index >= 15 is 0 Å². The number of nitrogens with two attached hydrogens (primary N) is 1. The highest BCUT2D eigenvalue weighted by molar-refractivity contribution is 5.77. The Bertz CT molecular complexity index is 776. The van der Waals surface area contributed by atoms with E-state index in [1.807, 2.05) is 17.4 Å². The van der Waals surface area contributed by atoms with Crippen LogP contribution in [0.1, 0.15) is 36.5 Å². The fraction of sp³-hybridized carbons (Fsp3) is 0.348. The molecule has 0 aromatic heterocycles. The third kappa shape index (κ3) is 12.2. The first-order chi connectivity index (χ1) is 14.4. The van der Waals surface area contributed by atoms with Gasteiger partial charge in [-0.1, -0.05) is 54.6 Å². The fourth-order valence-electron chi connectivity index (χ4n) is 2.69. The largest absolute Gasteiger partial charge is 0.465 e. The average Bonchev–Trinajstić information content (AvgIpc) is 2.72. The zero-order valence-electron chi connectivity index (χ0n) is 17.3. The second-order valence-electron chi connectivity index (χ2n) is 6.62. The van der Waals surface area contributed by atoms with Gasteiger partial charge in [0.2, 0.25) is 5.91 Å². The zero-order chi connectivity index (χ0) is 22.2. The first-order valence-electron chi connectivity index (χ1n) is 9.93. The third-order valence-electron chi connectivity index (χ3n) is 4.11.